The molecular weight excluding hydrogens is 421 g/mol. The number of halogens is 2. The first-order valence-corrected chi connectivity index (χ1v) is 12.2. The van der Waals surface area contributed by atoms with E-state index in [-0.39, 0.29) is 29.1 Å². The first-order valence-electron chi connectivity index (χ1n) is 11.4. The Morgan fingerprint density at radius 1 is 1.00 bits per heavy atom. The van der Waals surface area contributed by atoms with Crippen molar-refractivity contribution in [3.05, 3.63) is 10.6 Å². The highest BCUT2D eigenvalue weighted by Crippen LogP contribution is 2.42. The van der Waals surface area contributed by atoms with Gasteiger partial charge >= 0.3 is 0 Å². The van der Waals surface area contributed by atoms with Gasteiger partial charge in [0.15, 0.2) is 0 Å². The molecule has 1 saturated heterocycles. The fourth-order valence-corrected chi connectivity index (χ4v) is 5.61. The van der Waals surface area contributed by atoms with Crippen molar-refractivity contribution >= 4 is 29.2 Å². The molecule has 0 aromatic carbocycles. The van der Waals surface area contributed by atoms with Gasteiger partial charge in [0, 0.05) is 25.1 Å². The topological polar surface area (TPSA) is 54.4 Å². The second-order valence-electron chi connectivity index (χ2n) is 10.1. The largest absolute Gasteiger partial charge is 0.338 e. The van der Waals surface area contributed by atoms with Gasteiger partial charge in [0.1, 0.15) is 0 Å². The molecule has 2 heterocycles. The molecule has 0 radical (unpaired) electrons. The lowest BCUT2D eigenvalue weighted by Gasteiger charge is -2.56. The lowest BCUT2D eigenvalue weighted by molar-refractivity contribution is -0.310. The molecule has 3 rings (SSSR count). The molecule has 1 aliphatic heterocycles. The van der Waals surface area contributed by atoms with Gasteiger partial charge in [0.2, 0.25) is 16.5 Å². The van der Waals surface area contributed by atoms with Crippen molar-refractivity contribution < 1.29 is 6.26 Å². The molecule has 0 atom stereocenters. The van der Waals surface area contributed by atoms with E-state index >= 15 is 0 Å². The summed E-state index contributed by atoms with van der Waals surface area (Å²) in [5.74, 6) is 0.576. The van der Waals surface area contributed by atoms with Gasteiger partial charge in [0.05, 0.1) is 6.10 Å². The highest BCUT2D eigenvalue weighted by Gasteiger charge is 2.49. The SMILES string of the molecule is CCCCN(c1nc(Cl)nc(Cl)n1)C1CC(C)(C)N(OC2CCCCC2)C(C)(C)C1.[HH]. The van der Waals surface area contributed by atoms with Gasteiger partial charge in [0.25, 0.3) is 0 Å². The van der Waals surface area contributed by atoms with Gasteiger partial charge in [-0.15, -0.1) is 0 Å². The summed E-state index contributed by atoms with van der Waals surface area (Å²) in [5, 5.41) is 2.57. The zero-order valence-electron chi connectivity index (χ0n) is 19.1. The van der Waals surface area contributed by atoms with Crippen molar-refractivity contribution in [2.24, 2.45) is 0 Å². The van der Waals surface area contributed by atoms with Crippen LogP contribution in [0.2, 0.25) is 10.6 Å². The van der Waals surface area contributed by atoms with Crippen LogP contribution in [0.5, 0.6) is 0 Å². The van der Waals surface area contributed by atoms with Crippen molar-refractivity contribution in [2.45, 2.75) is 116 Å². The number of hydroxylamine groups is 2. The van der Waals surface area contributed by atoms with Crippen LogP contribution in [0.4, 0.5) is 5.95 Å². The summed E-state index contributed by atoms with van der Waals surface area (Å²) in [7, 11) is 0. The summed E-state index contributed by atoms with van der Waals surface area (Å²) >= 11 is 12.2. The monoisotopic (exact) mass is 459 g/mol. The number of hydrogen-bond acceptors (Lipinski definition) is 6. The Morgan fingerprint density at radius 3 is 2.10 bits per heavy atom. The van der Waals surface area contributed by atoms with Crippen LogP contribution in [-0.2, 0) is 4.84 Å². The maximum absolute atomic E-state index is 6.65. The molecule has 6 nitrogen and oxygen atoms in total. The second kappa shape index (κ2) is 9.85. The Bertz CT molecular complexity index is 677. The molecular formula is C22H39Cl2N5O. The molecule has 30 heavy (non-hydrogen) atoms. The maximum Gasteiger partial charge on any atom is 0.231 e. The lowest BCUT2D eigenvalue weighted by Crippen LogP contribution is -2.65. The van der Waals surface area contributed by atoms with Crippen LogP contribution in [0.3, 0.4) is 0 Å². The predicted molar refractivity (Wildman–Crippen MR) is 125 cm³/mol. The van der Waals surface area contributed by atoms with E-state index in [0.717, 1.165) is 45.1 Å². The number of piperidine rings is 1. The van der Waals surface area contributed by atoms with E-state index in [9.17, 15) is 0 Å². The molecule has 2 aliphatic rings. The van der Waals surface area contributed by atoms with E-state index < -0.39 is 0 Å². The highest BCUT2D eigenvalue weighted by atomic mass is 35.5. The number of hydrogen-bond donors (Lipinski definition) is 0. The molecule has 0 N–H and O–H groups in total. The van der Waals surface area contributed by atoms with Crippen LogP contribution in [0.25, 0.3) is 0 Å². The van der Waals surface area contributed by atoms with Gasteiger partial charge in [-0.25, -0.2) is 0 Å². The fourth-order valence-electron chi connectivity index (χ4n) is 5.25. The molecule has 0 spiro atoms. The zero-order valence-corrected chi connectivity index (χ0v) is 20.6. The quantitative estimate of drug-likeness (QED) is 0.475. The molecule has 8 heteroatoms. The van der Waals surface area contributed by atoms with E-state index in [4.69, 9.17) is 28.0 Å². The Morgan fingerprint density at radius 2 is 1.57 bits per heavy atom. The minimum absolute atomic E-state index is 0. The third-order valence-corrected chi connectivity index (χ3v) is 6.73. The van der Waals surface area contributed by atoms with Crippen LogP contribution >= 0.6 is 23.2 Å². The number of rotatable bonds is 7. The van der Waals surface area contributed by atoms with Crippen LogP contribution in [-0.4, -0.2) is 49.8 Å². The Hall–Kier alpha value is -0.690. The van der Waals surface area contributed by atoms with E-state index in [1.54, 1.807) is 0 Å². The highest BCUT2D eigenvalue weighted by molar-refractivity contribution is 6.31. The number of aromatic nitrogens is 3. The number of unbranched alkanes of at least 4 members (excludes halogenated alkanes) is 1. The first-order chi connectivity index (χ1) is 14.1. The molecule has 0 bridgehead atoms. The summed E-state index contributed by atoms with van der Waals surface area (Å²) in [5.41, 5.74) is -0.232. The van der Waals surface area contributed by atoms with Crippen molar-refractivity contribution in [1.29, 1.82) is 0 Å². The third kappa shape index (κ3) is 5.76. The minimum atomic E-state index is -0.116. The Kier molecular flexibility index (Phi) is 7.86. The standard InChI is InChI=1S/C22H37Cl2N5O.H2/c1-6-7-13-28(20-26-18(23)25-19(24)27-20)16-14-21(2,3)29(22(4,5)15-16)30-17-11-9-8-10-12-17;/h16-17H,6-15H2,1-5H3;1H. The third-order valence-electron chi connectivity index (χ3n) is 6.40. The summed E-state index contributed by atoms with van der Waals surface area (Å²) in [6.45, 7) is 12.2. The van der Waals surface area contributed by atoms with Gasteiger partial charge < -0.3 is 4.90 Å². The van der Waals surface area contributed by atoms with E-state index in [1.165, 1.54) is 19.3 Å². The summed E-state index contributed by atoms with van der Waals surface area (Å²) in [6, 6.07) is 0.266. The lowest BCUT2D eigenvalue weighted by atomic mass is 9.78. The van der Waals surface area contributed by atoms with Crippen LogP contribution < -0.4 is 4.90 Å². The molecule has 172 valence electrons. The smallest absolute Gasteiger partial charge is 0.231 e. The van der Waals surface area contributed by atoms with Gasteiger partial charge in [-0.3, -0.25) is 4.84 Å². The molecule has 1 saturated carbocycles. The van der Waals surface area contributed by atoms with Crippen molar-refractivity contribution in [1.82, 2.24) is 20.0 Å². The van der Waals surface area contributed by atoms with E-state index in [1.807, 2.05) is 0 Å². The van der Waals surface area contributed by atoms with E-state index in [2.05, 4.69) is 59.5 Å². The van der Waals surface area contributed by atoms with Crippen LogP contribution in [0, 0.1) is 0 Å². The maximum atomic E-state index is 6.65. The first kappa shape index (κ1) is 24.0. The van der Waals surface area contributed by atoms with Crippen LogP contribution in [0.1, 0.15) is 93.8 Å². The van der Waals surface area contributed by atoms with Gasteiger partial charge in [-0.1, -0.05) is 32.6 Å². The number of nitrogens with zero attached hydrogens (tertiary/aromatic N) is 5. The summed E-state index contributed by atoms with van der Waals surface area (Å²) in [4.78, 5) is 21.7. The summed E-state index contributed by atoms with van der Waals surface area (Å²) < 4.78 is 0. The summed E-state index contributed by atoms with van der Waals surface area (Å²) in [6.07, 6.45) is 10.6. The van der Waals surface area contributed by atoms with Crippen molar-refractivity contribution in [3.63, 3.8) is 0 Å². The minimum Gasteiger partial charge on any atom is -0.338 e. The predicted octanol–water partition coefficient (Wildman–Crippen LogP) is 6.32. The van der Waals surface area contributed by atoms with Gasteiger partial charge in [-0.05, 0) is 83.0 Å². The average molecular weight is 460 g/mol. The Balaban J connectivity index is 0.00000341. The van der Waals surface area contributed by atoms with Crippen molar-refractivity contribution in [2.75, 3.05) is 11.4 Å². The zero-order chi connectivity index (χ0) is 21.9. The average Bonchev–Trinajstić information content (AvgIpc) is 2.64. The molecule has 0 unspecified atom stereocenters. The van der Waals surface area contributed by atoms with Gasteiger partial charge in [-0.2, -0.15) is 20.0 Å². The second-order valence-corrected chi connectivity index (χ2v) is 10.7. The molecule has 1 aromatic heterocycles. The van der Waals surface area contributed by atoms with E-state index in [0.29, 0.717) is 12.1 Å². The molecule has 1 aliphatic carbocycles. The van der Waals surface area contributed by atoms with Crippen molar-refractivity contribution in [3.8, 4) is 0 Å². The Labute approximate surface area is 193 Å². The fraction of sp³-hybridized carbons (Fsp3) is 0.864. The molecule has 1 aromatic rings. The normalized spacial score (nSPS) is 22.9. The van der Waals surface area contributed by atoms with Crippen LogP contribution in [0.15, 0.2) is 0 Å². The number of anilines is 1. The molecule has 0 amide bonds. The molecule has 2 fully saturated rings.